The molecular weight excluding hydrogens is 258 g/mol. The van der Waals surface area contributed by atoms with Crippen LogP contribution in [0.1, 0.15) is 6.23 Å². The van der Waals surface area contributed by atoms with E-state index in [2.05, 4.69) is 27.6 Å². The molecule has 18 heavy (non-hydrogen) atoms. The van der Waals surface area contributed by atoms with Crippen molar-refractivity contribution >= 4 is 29.6 Å². The summed E-state index contributed by atoms with van der Waals surface area (Å²) in [5.41, 5.74) is 5.75. The van der Waals surface area contributed by atoms with Crippen LogP contribution in [0.15, 0.2) is 12.7 Å². The fourth-order valence-electron chi connectivity index (χ4n) is 1.93. The van der Waals surface area contributed by atoms with Crippen LogP contribution in [0.2, 0.25) is 0 Å². The Bertz CT molecular complexity index is 591. The Morgan fingerprint density at radius 3 is 2.72 bits per heavy atom. The molecule has 96 valence electrons. The molecule has 0 amide bonds. The maximum absolute atomic E-state index is 9.88. The van der Waals surface area contributed by atoms with Crippen LogP contribution in [0.4, 0.5) is 5.82 Å². The van der Waals surface area contributed by atoms with Crippen molar-refractivity contribution in [2.45, 2.75) is 23.9 Å². The van der Waals surface area contributed by atoms with Gasteiger partial charge in [-0.05, 0) is 0 Å². The lowest BCUT2D eigenvalue weighted by Crippen LogP contribution is -2.29. The van der Waals surface area contributed by atoms with Gasteiger partial charge in [-0.3, -0.25) is 4.57 Å². The minimum atomic E-state index is -1.11. The summed E-state index contributed by atoms with van der Waals surface area (Å²) in [6, 6.07) is 0. The van der Waals surface area contributed by atoms with Crippen LogP contribution < -0.4 is 5.73 Å². The number of hydrogen-bond acceptors (Lipinski definition) is 8. The molecule has 3 rings (SSSR count). The predicted octanol–water partition coefficient (Wildman–Crippen LogP) is -1.09. The quantitative estimate of drug-likeness (QED) is 0.486. The lowest BCUT2D eigenvalue weighted by Gasteiger charge is -2.16. The van der Waals surface area contributed by atoms with E-state index in [1.807, 2.05) is 0 Å². The Morgan fingerprint density at radius 2 is 2.06 bits per heavy atom. The molecule has 4 N–H and O–H groups in total. The number of aromatic nitrogens is 4. The SMILES string of the molecule is Nc1ncnc2c1ncn2[C@@H]1O[C@H](S)[C@@H](O)[C@H]1O. The number of fused-ring (bicyclic) bond motifs is 1. The van der Waals surface area contributed by atoms with Crippen molar-refractivity contribution < 1.29 is 14.9 Å². The highest BCUT2D eigenvalue weighted by atomic mass is 32.1. The average Bonchev–Trinajstić information content (AvgIpc) is 2.88. The molecule has 3 heterocycles. The predicted molar refractivity (Wildman–Crippen MR) is 64.6 cm³/mol. The van der Waals surface area contributed by atoms with Crippen molar-refractivity contribution in [2.24, 2.45) is 0 Å². The number of nitrogens with zero attached hydrogens (tertiary/aromatic N) is 4. The Balaban J connectivity index is 2.08. The highest BCUT2D eigenvalue weighted by Gasteiger charge is 2.42. The first-order valence-electron chi connectivity index (χ1n) is 5.22. The van der Waals surface area contributed by atoms with Gasteiger partial charge >= 0.3 is 0 Å². The molecule has 1 saturated heterocycles. The van der Waals surface area contributed by atoms with E-state index >= 15 is 0 Å². The molecule has 0 aromatic carbocycles. The minimum Gasteiger partial charge on any atom is -0.387 e. The maximum atomic E-state index is 9.88. The van der Waals surface area contributed by atoms with Crippen LogP contribution in [0.3, 0.4) is 0 Å². The number of ether oxygens (including phenoxy) is 1. The van der Waals surface area contributed by atoms with Gasteiger partial charge in [0.15, 0.2) is 17.7 Å². The van der Waals surface area contributed by atoms with Gasteiger partial charge in [0.2, 0.25) is 0 Å². The normalized spacial score (nSPS) is 32.2. The Hall–Kier alpha value is -1.42. The van der Waals surface area contributed by atoms with Gasteiger partial charge in [0.25, 0.3) is 0 Å². The van der Waals surface area contributed by atoms with Gasteiger partial charge in [-0.1, -0.05) is 0 Å². The van der Waals surface area contributed by atoms with Crippen LogP contribution >= 0.6 is 12.6 Å². The van der Waals surface area contributed by atoms with Gasteiger partial charge in [-0.2, -0.15) is 0 Å². The Morgan fingerprint density at radius 1 is 1.28 bits per heavy atom. The molecule has 8 nitrogen and oxygen atoms in total. The molecule has 1 fully saturated rings. The molecule has 2 aromatic rings. The second-order valence-electron chi connectivity index (χ2n) is 3.98. The molecule has 2 aromatic heterocycles. The number of nitrogen functional groups attached to an aromatic ring is 1. The van der Waals surface area contributed by atoms with Crippen molar-refractivity contribution in [3.63, 3.8) is 0 Å². The summed E-state index contributed by atoms with van der Waals surface area (Å²) in [7, 11) is 0. The van der Waals surface area contributed by atoms with E-state index in [0.717, 1.165) is 0 Å². The third-order valence-corrected chi connectivity index (χ3v) is 3.30. The van der Waals surface area contributed by atoms with Crippen molar-refractivity contribution in [2.75, 3.05) is 5.73 Å². The van der Waals surface area contributed by atoms with E-state index in [1.54, 1.807) is 0 Å². The van der Waals surface area contributed by atoms with Crippen LogP contribution in [0.25, 0.3) is 11.2 Å². The number of aliphatic hydroxyl groups is 2. The topological polar surface area (TPSA) is 119 Å². The Labute approximate surface area is 107 Å². The van der Waals surface area contributed by atoms with E-state index in [4.69, 9.17) is 10.5 Å². The number of imidazole rings is 1. The smallest absolute Gasteiger partial charge is 0.167 e. The molecule has 9 heteroatoms. The number of nitrogens with two attached hydrogens (primary N) is 1. The van der Waals surface area contributed by atoms with Gasteiger partial charge < -0.3 is 20.7 Å². The van der Waals surface area contributed by atoms with Crippen molar-refractivity contribution in [1.29, 1.82) is 0 Å². The zero-order valence-electron chi connectivity index (χ0n) is 9.08. The number of hydrogen-bond donors (Lipinski definition) is 4. The van der Waals surface area contributed by atoms with Gasteiger partial charge in [0.05, 0.1) is 6.33 Å². The summed E-state index contributed by atoms with van der Waals surface area (Å²) in [5, 5.41) is 19.5. The lowest BCUT2D eigenvalue weighted by atomic mass is 10.2. The summed E-state index contributed by atoms with van der Waals surface area (Å²) in [6.45, 7) is 0. The van der Waals surface area contributed by atoms with Crippen LogP contribution in [-0.2, 0) is 4.74 Å². The number of rotatable bonds is 1. The molecule has 0 aliphatic carbocycles. The van der Waals surface area contributed by atoms with Crippen LogP contribution in [0.5, 0.6) is 0 Å². The fraction of sp³-hybridized carbons (Fsp3) is 0.444. The first kappa shape index (κ1) is 11.7. The number of aliphatic hydroxyl groups excluding tert-OH is 2. The summed E-state index contributed by atoms with van der Waals surface area (Å²) in [4.78, 5) is 11.9. The third kappa shape index (κ3) is 1.56. The largest absolute Gasteiger partial charge is 0.387 e. The van der Waals surface area contributed by atoms with Gasteiger partial charge in [0.1, 0.15) is 29.5 Å². The molecule has 0 radical (unpaired) electrons. The van der Waals surface area contributed by atoms with E-state index in [9.17, 15) is 10.2 Å². The number of thiol groups is 1. The number of anilines is 1. The molecule has 0 saturated carbocycles. The molecular formula is C9H11N5O3S. The third-order valence-electron chi connectivity index (χ3n) is 2.87. The summed E-state index contributed by atoms with van der Waals surface area (Å²) >= 11 is 4.03. The average molecular weight is 269 g/mol. The molecule has 1 aliphatic rings. The van der Waals surface area contributed by atoms with Crippen molar-refractivity contribution in [1.82, 2.24) is 19.5 Å². The molecule has 0 bridgehead atoms. The Kier molecular flexibility index (Phi) is 2.63. The zero-order chi connectivity index (χ0) is 12.9. The van der Waals surface area contributed by atoms with E-state index in [-0.39, 0.29) is 5.82 Å². The first-order chi connectivity index (χ1) is 8.59. The summed E-state index contributed by atoms with van der Waals surface area (Å²) < 4.78 is 6.86. The summed E-state index contributed by atoms with van der Waals surface area (Å²) in [5.74, 6) is 0.245. The van der Waals surface area contributed by atoms with E-state index < -0.39 is 23.9 Å². The van der Waals surface area contributed by atoms with Gasteiger partial charge in [-0.25, -0.2) is 15.0 Å². The van der Waals surface area contributed by atoms with Gasteiger partial charge in [-0.15, -0.1) is 12.6 Å². The monoisotopic (exact) mass is 269 g/mol. The second-order valence-corrected chi connectivity index (χ2v) is 4.49. The highest BCUT2D eigenvalue weighted by molar-refractivity contribution is 7.80. The van der Waals surface area contributed by atoms with Crippen LogP contribution in [0, 0.1) is 0 Å². The molecule has 1 aliphatic heterocycles. The highest BCUT2D eigenvalue weighted by Crippen LogP contribution is 2.32. The minimum absolute atomic E-state index is 0.245. The first-order valence-corrected chi connectivity index (χ1v) is 5.74. The van der Waals surface area contributed by atoms with Crippen LogP contribution in [-0.4, -0.2) is 47.4 Å². The van der Waals surface area contributed by atoms with Crippen molar-refractivity contribution in [3.8, 4) is 0 Å². The van der Waals surface area contributed by atoms with Crippen molar-refractivity contribution in [3.05, 3.63) is 12.7 Å². The standard InChI is InChI=1S/C9H11N5O3S/c10-6-3-7(12-1-11-6)14(2-13-3)8-4(15)5(16)9(18)17-8/h1-2,4-5,8-9,15-16,18H,(H2,10,11,12)/t4-,5+,8-,9-/m1/s1. The maximum Gasteiger partial charge on any atom is 0.167 e. The lowest BCUT2D eigenvalue weighted by molar-refractivity contribution is -0.0191. The molecule has 0 spiro atoms. The summed E-state index contributed by atoms with van der Waals surface area (Å²) in [6.07, 6.45) is -0.258. The van der Waals surface area contributed by atoms with Gasteiger partial charge in [0, 0.05) is 0 Å². The fourth-order valence-corrected chi connectivity index (χ4v) is 2.23. The van der Waals surface area contributed by atoms with E-state index in [0.29, 0.717) is 11.2 Å². The zero-order valence-corrected chi connectivity index (χ0v) is 9.97. The van der Waals surface area contributed by atoms with E-state index in [1.165, 1.54) is 17.2 Å². The second kappa shape index (κ2) is 4.05. The molecule has 0 unspecified atom stereocenters. The molecule has 4 atom stereocenters.